The van der Waals surface area contributed by atoms with Gasteiger partial charge in [0.25, 0.3) is 0 Å². The third-order valence-corrected chi connectivity index (χ3v) is 4.32. The summed E-state index contributed by atoms with van der Waals surface area (Å²) in [6.07, 6.45) is 5.52. The second-order valence-corrected chi connectivity index (χ2v) is 5.44. The maximum Gasteiger partial charge on any atom is 0.235 e. The molecule has 100 valence electrons. The van der Waals surface area contributed by atoms with Crippen molar-refractivity contribution in [2.45, 2.75) is 38.1 Å². The summed E-state index contributed by atoms with van der Waals surface area (Å²) in [6, 6.07) is 1.86. The van der Waals surface area contributed by atoms with Crippen molar-refractivity contribution in [1.29, 1.82) is 0 Å². The molecule has 5 heteroatoms. The quantitative estimate of drug-likeness (QED) is 0.615. The molecule has 1 aromatic carbocycles. The number of halogens is 1. The van der Waals surface area contributed by atoms with Crippen LogP contribution in [0.4, 0.5) is 0 Å². The van der Waals surface area contributed by atoms with Crippen LogP contribution >= 0.6 is 11.6 Å². The van der Waals surface area contributed by atoms with Gasteiger partial charge in [0, 0.05) is 5.56 Å². The lowest BCUT2D eigenvalue weighted by atomic mass is 9.85. The summed E-state index contributed by atoms with van der Waals surface area (Å²) < 4.78 is 10.8. The van der Waals surface area contributed by atoms with Crippen molar-refractivity contribution < 1.29 is 14.3 Å². The second kappa shape index (κ2) is 4.55. The van der Waals surface area contributed by atoms with Crippen LogP contribution in [0.25, 0.3) is 0 Å². The van der Waals surface area contributed by atoms with Gasteiger partial charge in [-0.1, -0.05) is 24.4 Å². The van der Waals surface area contributed by atoms with E-state index in [4.69, 9.17) is 21.1 Å². The molecule has 1 heterocycles. The average Bonchev–Trinajstić information content (AvgIpc) is 3.03. The normalized spacial score (nSPS) is 19.3. The summed E-state index contributed by atoms with van der Waals surface area (Å²) in [5.41, 5.74) is 1.43. The Morgan fingerprint density at radius 2 is 2.00 bits per heavy atom. The largest absolute Gasteiger partial charge is 0.453 e. The SMILES string of the molecule is Cc1c(C2(N=C=O)CCCC2)cc(Cl)c2c1OCO2. The van der Waals surface area contributed by atoms with Gasteiger partial charge in [-0.25, -0.2) is 4.79 Å². The number of rotatable bonds is 2. The first-order chi connectivity index (χ1) is 9.18. The number of hydrogen-bond donors (Lipinski definition) is 0. The zero-order chi connectivity index (χ0) is 13.5. The molecular weight excluding hydrogens is 266 g/mol. The molecule has 2 aliphatic rings. The third kappa shape index (κ3) is 1.83. The fourth-order valence-corrected chi connectivity index (χ4v) is 3.38. The van der Waals surface area contributed by atoms with E-state index in [2.05, 4.69) is 4.99 Å². The van der Waals surface area contributed by atoms with Gasteiger partial charge >= 0.3 is 0 Å². The average molecular weight is 280 g/mol. The lowest BCUT2D eigenvalue weighted by molar-refractivity contribution is 0.173. The van der Waals surface area contributed by atoms with E-state index in [-0.39, 0.29) is 6.79 Å². The van der Waals surface area contributed by atoms with Crippen molar-refractivity contribution in [3.63, 3.8) is 0 Å². The summed E-state index contributed by atoms with van der Waals surface area (Å²) >= 11 is 6.24. The van der Waals surface area contributed by atoms with Crippen LogP contribution < -0.4 is 9.47 Å². The molecule has 3 rings (SSSR count). The molecular formula is C14H14ClNO3. The lowest BCUT2D eigenvalue weighted by Gasteiger charge is -2.25. The molecule has 1 aromatic rings. The van der Waals surface area contributed by atoms with Crippen molar-refractivity contribution in [3.8, 4) is 11.5 Å². The fourth-order valence-electron chi connectivity index (χ4n) is 3.13. The number of ether oxygens (including phenoxy) is 2. The number of benzene rings is 1. The highest BCUT2D eigenvalue weighted by atomic mass is 35.5. The summed E-state index contributed by atoms with van der Waals surface area (Å²) in [4.78, 5) is 14.9. The Kier molecular flexibility index (Phi) is 3.00. The molecule has 0 spiro atoms. The maximum atomic E-state index is 10.8. The van der Waals surface area contributed by atoms with Crippen molar-refractivity contribution in [3.05, 3.63) is 22.2 Å². The molecule has 0 atom stereocenters. The highest BCUT2D eigenvalue weighted by Gasteiger charge is 2.39. The van der Waals surface area contributed by atoms with E-state index in [1.54, 1.807) is 6.08 Å². The van der Waals surface area contributed by atoms with E-state index in [1.165, 1.54) is 0 Å². The number of carbonyl (C=O) groups excluding carboxylic acids is 1. The molecule has 4 nitrogen and oxygen atoms in total. The van der Waals surface area contributed by atoms with Crippen LogP contribution in [0.2, 0.25) is 5.02 Å². The zero-order valence-corrected chi connectivity index (χ0v) is 11.4. The number of hydrogen-bond acceptors (Lipinski definition) is 4. The zero-order valence-electron chi connectivity index (χ0n) is 10.7. The summed E-state index contributed by atoms with van der Waals surface area (Å²) in [5, 5.41) is 0.514. The van der Waals surface area contributed by atoms with Crippen LogP contribution in [0.1, 0.15) is 36.8 Å². The maximum absolute atomic E-state index is 10.8. The van der Waals surface area contributed by atoms with E-state index >= 15 is 0 Å². The van der Waals surface area contributed by atoms with Crippen LogP contribution in [0.15, 0.2) is 11.1 Å². The molecule has 1 aliphatic carbocycles. The van der Waals surface area contributed by atoms with Gasteiger partial charge in [-0.2, -0.15) is 4.99 Å². The van der Waals surface area contributed by atoms with Gasteiger partial charge in [0.05, 0.1) is 10.6 Å². The molecule has 19 heavy (non-hydrogen) atoms. The second-order valence-electron chi connectivity index (χ2n) is 5.04. The Bertz CT molecular complexity index is 573. The van der Waals surface area contributed by atoms with E-state index in [0.717, 1.165) is 36.8 Å². The molecule has 0 radical (unpaired) electrons. The molecule has 1 aliphatic heterocycles. The van der Waals surface area contributed by atoms with Gasteiger partial charge in [-0.15, -0.1) is 0 Å². The van der Waals surface area contributed by atoms with Crippen molar-refractivity contribution in [2.24, 2.45) is 4.99 Å². The minimum Gasteiger partial charge on any atom is -0.453 e. The van der Waals surface area contributed by atoms with Crippen LogP contribution in [-0.4, -0.2) is 12.9 Å². The Morgan fingerprint density at radius 1 is 1.32 bits per heavy atom. The van der Waals surface area contributed by atoms with Gasteiger partial charge in [0.1, 0.15) is 0 Å². The van der Waals surface area contributed by atoms with Crippen LogP contribution in [0, 0.1) is 6.92 Å². The van der Waals surface area contributed by atoms with Crippen LogP contribution in [0.3, 0.4) is 0 Å². The fraction of sp³-hybridized carbons (Fsp3) is 0.500. The Hall–Kier alpha value is -1.51. The van der Waals surface area contributed by atoms with Gasteiger partial charge in [-0.3, -0.25) is 0 Å². The minimum atomic E-state index is -0.490. The summed E-state index contributed by atoms with van der Waals surface area (Å²) in [7, 11) is 0. The molecule has 1 saturated carbocycles. The smallest absolute Gasteiger partial charge is 0.235 e. The van der Waals surface area contributed by atoms with Gasteiger partial charge in [0.2, 0.25) is 12.9 Å². The first-order valence-corrected chi connectivity index (χ1v) is 6.74. The van der Waals surface area contributed by atoms with Crippen molar-refractivity contribution >= 4 is 17.7 Å². The first kappa shape index (κ1) is 12.5. The van der Waals surface area contributed by atoms with E-state index in [0.29, 0.717) is 16.5 Å². The third-order valence-electron chi connectivity index (χ3n) is 4.04. The highest BCUT2D eigenvalue weighted by Crippen LogP contribution is 2.50. The van der Waals surface area contributed by atoms with E-state index in [9.17, 15) is 4.79 Å². The summed E-state index contributed by atoms with van der Waals surface area (Å²) in [6.45, 7) is 2.14. The van der Waals surface area contributed by atoms with Crippen molar-refractivity contribution in [1.82, 2.24) is 0 Å². The van der Waals surface area contributed by atoms with Gasteiger partial charge in [-0.05, 0) is 31.4 Å². The Balaban J connectivity index is 2.20. The number of fused-ring (bicyclic) bond motifs is 1. The lowest BCUT2D eigenvalue weighted by Crippen LogP contribution is -2.20. The first-order valence-electron chi connectivity index (χ1n) is 6.36. The standard InChI is InChI=1S/C14H14ClNO3/c1-9-10(14(16-7-17)4-2-3-5-14)6-11(15)13-12(9)18-8-19-13/h6H,2-5,8H2,1H3. The van der Waals surface area contributed by atoms with Gasteiger partial charge in [0.15, 0.2) is 11.5 Å². The molecule has 0 aromatic heterocycles. The van der Waals surface area contributed by atoms with Crippen molar-refractivity contribution in [2.75, 3.05) is 6.79 Å². The predicted molar refractivity (Wildman–Crippen MR) is 70.6 cm³/mol. The number of nitrogens with zero attached hydrogens (tertiary/aromatic N) is 1. The molecule has 0 N–H and O–H groups in total. The molecule has 0 saturated heterocycles. The highest BCUT2D eigenvalue weighted by molar-refractivity contribution is 6.32. The number of aliphatic imine (C=N–C) groups is 1. The predicted octanol–water partition coefficient (Wildman–Crippen LogP) is 3.48. The van der Waals surface area contributed by atoms with E-state index in [1.807, 2.05) is 13.0 Å². The minimum absolute atomic E-state index is 0.184. The molecule has 0 unspecified atom stereocenters. The molecule has 0 amide bonds. The Labute approximate surface area is 116 Å². The van der Waals surface area contributed by atoms with E-state index < -0.39 is 5.54 Å². The van der Waals surface area contributed by atoms with Gasteiger partial charge < -0.3 is 9.47 Å². The topological polar surface area (TPSA) is 47.9 Å². The molecule has 0 bridgehead atoms. The monoisotopic (exact) mass is 279 g/mol. The molecule has 1 fully saturated rings. The van der Waals surface area contributed by atoms with Crippen LogP contribution in [-0.2, 0) is 10.3 Å². The number of isocyanates is 1. The Morgan fingerprint density at radius 3 is 2.68 bits per heavy atom. The summed E-state index contributed by atoms with van der Waals surface area (Å²) in [5.74, 6) is 1.26. The van der Waals surface area contributed by atoms with Crippen LogP contribution in [0.5, 0.6) is 11.5 Å².